The molecular weight excluding hydrogens is 380 g/mol. The van der Waals surface area contributed by atoms with E-state index >= 15 is 0 Å². The third-order valence-corrected chi connectivity index (χ3v) is 6.45. The van der Waals surface area contributed by atoms with Crippen LogP contribution < -0.4 is 5.32 Å². The fourth-order valence-electron chi connectivity index (χ4n) is 4.82. The van der Waals surface area contributed by atoms with Gasteiger partial charge in [-0.05, 0) is 60.1 Å². The molecule has 0 spiro atoms. The zero-order chi connectivity index (χ0) is 21.0. The average molecular weight is 409 g/mol. The number of hydrogen-bond donors (Lipinski definition) is 2. The molecule has 0 saturated heterocycles. The fourth-order valence-corrected chi connectivity index (χ4v) is 4.82. The maximum absolute atomic E-state index is 12.9. The average Bonchev–Trinajstić information content (AvgIpc) is 3.20. The van der Waals surface area contributed by atoms with Gasteiger partial charge in [-0.3, -0.25) is 4.79 Å². The zero-order valence-electron chi connectivity index (χ0n) is 17.7. The summed E-state index contributed by atoms with van der Waals surface area (Å²) in [7, 11) is 0. The molecule has 0 aliphatic heterocycles. The molecular formula is C28H28N2O. The number of rotatable bonds is 6. The molecule has 0 radical (unpaired) electrons. The topological polar surface area (TPSA) is 44.9 Å². The molecule has 4 aromatic rings. The standard InChI is InChI=1S/C28H28N2O/c31-28(18-24(21-9-3-1-4-10-21)22-11-5-2-6-12-22)29-19-20-15-16-27-25(17-20)23-13-7-8-14-26(23)30-27/h1-6,9-12,15-17,24,30H,7-8,13-14,18-19H2,(H,29,31). The van der Waals surface area contributed by atoms with E-state index in [1.807, 2.05) is 36.4 Å². The maximum atomic E-state index is 12.9. The molecule has 0 atom stereocenters. The molecule has 1 amide bonds. The number of carbonyl (C=O) groups is 1. The van der Waals surface area contributed by atoms with Gasteiger partial charge in [0.05, 0.1) is 0 Å². The summed E-state index contributed by atoms with van der Waals surface area (Å²) in [5.41, 5.74) is 7.59. The lowest BCUT2D eigenvalue weighted by Crippen LogP contribution is -2.25. The first-order valence-corrected chi connectivity index (χ1v) is 11.3. The first kappa shape index (κ1) is 19.6. The number of carbonyl (C=O) groups excluding carboxylic acids is 1. The molecule has 3 aromatic carbocycles. The van der Waals surface area contributed by atoms with E-state index in [0.29, 0.717) is 13.0 Å². The largest absolute Gasteiger partial charge is 0.358 e. The molecule has 0 unspecified atom stereocenters. The second-order valence-corrected chi connectivity index (χ2v) is 8.52. The Hall–Kier alpha value is -3.33. The molecule has 2 N–H and O–H groups in total. The molecule has 3 heteroatoms. The Labute approximate surface area is 183 Å². The Morgan fingerprint density at radius 2 is 1.55 bits per heavy atom. The van der Waals surface area contributed by atoms with Crippen LogP contribution >= 0.6 is 0 Å². The first-order valence-electron chi connectivity index (χ1n) is 11.3. The number of nitrogens with one attached hydrogen (secondary N) is 2. The Kier molecular flexibility index (Phi) is 5.57. The number of benzene rings is 3. The van der Waals surface area contributed by atoms with Crippen LogP contribution in [-0.2, 0) is 24.2 Å². The van der Waals surface area contributed by atoms with Crippen molar-refractivity contribution in [3.05, 3.63) is 107 Å². The van der Waals surface area contributed by atoms with Crippen molar-refractivity contribution < 1.29 is 4.79 Å². The van der Waals surface area contributed by atoms with Crippen molar-refractivity contribution >= 4 is 16.8 Å². The Balaban J connectivity index is 1.30. The number of fused-ring (bicyclic) bond motifs is 3. The van der Waals surface area contributed by atoms with Crippen LogP contribution in [0.2, 0.25) is 0 Å². The fraction of sp³-hybridized carbons (Fsp3) is 0.250. The van der Waals surface area contributed by atoms with Crippen molar-refractivity contribution in [1.82, 2.24) is 10.3 Å². The van der Waals surface area contributed by atoms with E-state index in [1.54, 1.807) is 0 Å². The van der Waals surface area contributed by atoms with Crippen molar-refractivity contribution in [1.29, 1.82) is 0 Å². The lowest BCUT2D eigenvalue weighted by molar-refractivity contribution is -0.121. The normalized spacial score (nSPS) is 13.3. The third-order valence-electron chi connectivity index (χ3n) is 6.45. The zero-order valence-corrected chi connectivity index (χ0v) is 17.7. The van der Waals surface area contributed by atoms with E-state index in [2.05, 4.69) is 52.8 Å². The van der Waals surface area contributed by atoms with Crippen LogP contribution in [0.1, 0.15) is 53.1 Å². The van der Waals surface area contributed by atoms with Crippen LogP contribution in [0.15, 0.2) is 78.9 Å². The smallest absolute Gasteiger partial charge is 0.221 e. The van der Waals surface area contributed by atoms with Gasteiger partial charge in [0.25, 0.3) is 0 Å². The quantitative estimate of drug-likeness (QED) is 0.411. The van der Waals surface area contributed by atoms with Gasteiger partial charge >= 0.3 is 0 Å². The molecule has 0 saturated carbocycles. The van der Waals surface area contributed by atoms with Gasteiger partial charge in [0.15, 0.2) is 0 Å². The summed E-state index contributed by atoms with van der Waals surface area (Å²) in [5, 5.41) is 4.48. The van der Waals surface area contributed by atoms with Crippen molar-refractivity contribution in [2.75, 3.05) is 0 Å². The van der Waals surface area contributed by atoms with Crippen LogP contribution in [0.4, 0.5) is 0 Å². The molecule has 0 fully saturated rings. The molecule has 1 aromatic heterocycles. The van der Waals surface area contributed by atoms with Gasteiger partial charge in [0, 0.05) is 35.5 Å². The van der Waals surface area contributed by atoms with Crippen LogP contribution in [0, 0.1) is 0 Å². The first-order chi connectivity index (χ1) is 15.3. The molecule has 0 bridgehead atoms. The van der Waals surface area contributed by atoms with Gasteiger partial charge < -0.3 is 10.3 Å². The molecule has 156 valence electrons. The van der Waals surface area contributed by atoms with E-state index in [0.717, 1.165) is 18.4 Å². The predicted molar refractivity (Wildman–Crippen MR) is 126 cm³/mol. The van der Waals surface area contributed by atoms with E-state index in [1.165, 1.54) is 46.1 Å². The minimum atomic E-state index is 0.0570. The number of hydrogen-bond acceptors (Lipinski definition) is 1. The van der Waals surface area contributed by atoms with Crippen molar-refractivity contribution in [2.45, 2.75) is 44.6 Å². The lowest BCUT2D eigenvalue weighted by atomic mass is 9.88. The maximum Gasteiger partial charge on any atom is 0.221 e. The Morgan fingerprint density at radius 3 is 2.26 bits per heavy atom. The van der Waals surface area contributed by atoms with Crippen molar-refractivity contribution in [3.63, 3.8) is 0 Å². The van der Waals surface area contributed by atoms with Gasteiger partial charge in [0.1, 0.15) is 0 Å². The van der Waals surface area contributed by atoms with Crippen LogP contribution in [0.3, 0.4) is 0 Å². The van der Waals surface area contributed by atoms with E-state index < -0.39 is 0 Å². The van der Waals surface area contributed by atoms with E-state index in [-0.39, 0.29) is 11.8 Å². The Bertz CT molecular complexity index is 1140. The molecule has 1 heterocycles. The molecule has 1 aliphatic rings. The SMILES string of the molecule is O=C(CC(c1ccccc1)c1ccccc1)NCc1ccc2[nH]c3c(c2c1)CCCC3. The summed E-state index contributed by atoms with van der Waals surface area (Å²) in [5.74, 6) is 0.135. The number of aromatic amines is 1. The number of amides is 1. The minimum Gasteiger partial charge on any atom is -0.358 e. The van der Waals surface area contributed by atoms with Crippen LogP contribution in [0.25, 0.3) is 10.9 Å². The number of H-pyrrole nitrogens is 1. The van der Waals surface area contributed by atoms with Crippen LogP contribution in [-0.4, -0.2) is 10.9 Å². The second kappa shape index (κ2) is 8.81. The van der Waals surface area contributed by atoms with Gasteiger partial charge in [-0.15, -0.1) is 0 Å². The highest BCUT2D eigenvalue weighted by molar-refractivity contribution is 5.86. The van der Waals surface area contributed by atoms with Gasteiger partial charge in [-0.1, -0.05) is 66.7 Å². The van der Waals surface area contributed by atoms with Gasteiger partial charge in [0.2, 0.25) is 5.91 Å². The molecule has 3 nitrogen and oxygen atoms in total. The summed E-state index contributed by atoms with van der Waals surface area (Å²) in [6.45, 7) is 0.561. The molecule has 1 aliphatic carbocycles. The molecule has 5 rings (SSSR count). The van der Waals surface area contributed by atoms with Gasteiger partial charge in [-0.2, -0.15) is 0 Å². The highest BCUT2D eigenvalue weighted by Gasteiger charge is 2.19. The Morgan fingerprint density at radius 1 is 0.871 bits per heavy atom. The second-order valence-electron chi connectivity index (χ2n) is 8.52. The highest BCUT2D eigenvalue weighted by atomic mass is 16.1. The van der Waals surface area contributed by atoms with E-state index in [9.17, 15) is 4.79 Å². The summed E-state index contributed by atoms with van der Waals surface area (Å²) < 4.78 is 0. The van der Waals surface area contributed by atoms with Crippen LogP contribution in [0.5, 0.6) is 0 Å². The highest BCUT2D eigenvalue weighted by Crippen LogP contribution is 2.30. The third kappa shape index (κ3) is 4.27. The summed E-state index contributed by atoms with van der Waals surface area (Å²) in [4.78, 5) is 16.5. The summed E-state index contributed by atoms with van der Waals surface area (Å²) in [6.07, 6.45) is 5.28. The molecule has 31 heavy (non-hydrogen) atoms. The van der Waals surface area contributed by atoms with Crippen molar-refractivity contribution in [3.8, 4) is 0 Å². The minimum absolute atomic E-state index is 0.0570. The number of aromatic nitrogens is 1. The number of aryl methyl sites for hydroxylation is 2. The monoisotopic (exact) mass is 408 g/mol. The summed E-state index contributed by atoms with van der Waals surface area (Å²) >= 11 is 0. The van der Waals surface area contributed by atoms with Gasteiger partial charge in [-0.25, -0.2) is 0 Å². The predicted octanol–water partition coefficient (Wildman–Crippen LogP) is 5.89. The van der Waals surface area contributed by atoms with Crippen molar-refractivity contribution in [2.24, 2.45) is 0 Å². The van der Waals surface area contributed by atoms with E-state index in [4.69, 9.17) is 0 Å². The summed E-state index contributed by atoms with van der Waals surface area (Å²) in [6, 6.07) is 27.1. The lowest BCUT2D eigenvalue weighted by Gasteiger charge is -2.18.